The van der Waals surface area contributed by atoms with Crippen LogP contribution < -0.4 is 14.2 Å². The van der Waals surface area contributed by atoms with E-state index in [1.165, 1.54) is 32.7 Å². The Morgan fingerprint density at radius 1 is 1.06 bits per heavy atom. The number of amides is 1. The fraction of sp³-hybridized carbons (Fsp3) is 0.391. The number of carbonyl (C=O) groups excluding carboxylic acids is 2. The summed E-state index contributed by atoms with van der Waals surface area (Å²) in [4.78, 5) is 28.3. The summed E-state index contributed by atoms with van der Waals surface area (Å²) < 4.78 is 27.1. The molecule has 1 aliphatic heterocycles. The van der Waals surface area contributed by atoms with Gasteiger partial charge in [0.15, 0.2) is 17.3 Å². The highest BCUT2D eigenvalue weighted by Gasteiger charge is 2.20. The van der Waals surface area contributed by atoms with E-state index in [-0.39, 0.29) is 35.0 Å². The first-order valence-corrected chi connectivity index (χ1v) is 12.6. The van der Waals surface area contributed by atoms with Crippen molar-refractivity contribution in [3.8, 4) is 28.7 Å². The second-order valence-electron chi connectivity index (χ2n) is 7.43. The second-order valence-corrected chi connectivity index (χ2v) is 9.53. The van der Waals surface area contributed by atoms with Crippen molar-refractivity contribution in [3.05, 3.63) is 34.0 Å². The topological polar surface area (TPSA) is 113 Å². The summed E-state index contributed by atoms with van der Waals surface area (Å²) in [6.07, 6.45) is 0.285. The number of hydrogen-bond acceptors (Lipinski definition) is 11. The van der Waals surface area contributed by atoms with Crippen molar-refractivity contribution in [3.63, 3.8) is 0 Å². The van der Waals surface area contributed by atoms with Crippen molar-refractivity contribution in [1.82, 2.24) is 15.1 Å². The van der Waals surface area contributed by atoms with E-state index in [0.29, 0.717) is 54.0 Å². The number of aromatic nitrogens is 2. The molecule has 1 aromatic carbocycles. The summed E-state index contributed by atoms with van der Waals surface area (Å²) in [7, 11) is 4.57. The Labute approximate surface area is 210 Å². The molecule has 10 nitrogen and oxygen atoms in total. The minimum absolute atomic E-state index is 0.0497. The normalized spacial score (nSPS) is 13.5. The van der Waals surface area contributed by atoms with Crippen LogP contribution >= 0.6 is 23.1 Å². The van der Waals surface area contributed by atoms with Crippen LogP contribution in [0.25, 0.3) is 11.5 Å². The van der Waals surface area contributed by atoms with Crippen LogP contribution in [0.15, 0.2) is 33.9 Å². The van der Waals surface area contributed by atoms with E-state index in [9.17, 15) is 9.59 Å². The molecule has 2 aromatic heterocycles. The summed E-state index contributed by atoms with van der Waals surface area (Å²) in [5.74, 6) is 1.76. The number of methoxy groups -OCH3 is 3. The molecule has 0 bridgehead atoms. The number of thiophene rings is 1. The maximum absolute atomic E-state index is 12.7. The van der Waals surface area contributed by atoms with E-state index in [2.05, 4.69) is 10.2 Å². The monoisotopic (exact) mass is 519 g/mol. The highest BCUT2D eigenvalue weighted by atomic mass is 32.2. The lowest BCUT2D eigenvalue weighted by molar-refractivity contribution is -0.134. The van der Waals surface area contributed by atoms with Crippen LogP contribution in [0.4, 0.5) is 0 Å². The Morgan fingerprint density at radius 2 is 1.77 bits per heavy atom. The summed E-state index contributed by atoms with van der Waals surface area (Å²) in [5.41, 5.74) is 0.595. The number of hydrogen-bond donors (Lipinski definition) is 0. The Kier molecular flexibility index (Phi) is 8.26. The number of thioether (sulfide) groups is 1. The Morgan fingerprint density at radius 3 is 2.43 bits per heavy atom. The molecule has 0 unspecified atom stereocenters. The van der Waals surface area contributed by atoms with E-state index in [1.54, 1.807) is 23.1 Å². The molecular formula is C23H25N3O7S2. The van der Waals surface area contributed by atoms with E-state index in [4.69, 9.17) is 23.4 Å². The van der Waals surface area contributed by atoms with Gasteiger partial charge in [-0.05, 0) is 24.3 Å². The number of ketones is 1. The fourth-order valence-electron chi connectivity index (χ4n) is 3.48. The highest BCUT2D eigenvalue weighted by molar-refractivity contribution is 7.99. The van der Waals surface area contributed by atoms with E-state index < -0.39 is 0 Å². The average molecular weight is 520 g/mol. The van der Waals surface area contributed by atoms with Crippen molar-refractivity contribution in [1.29, 1.82) is 0 Å². The van der Waals surface area contributed by atoms with Gasteiger partial charge in [-0.15, -0.1) is 21.5 Å². The molecule has 1 amide bonds. The fourth-order valence-corrected chi connectivity index (χ4v) is 5.16. The van der Waals surface area contributed by atoms with Crippen LogP contribution in [0.2, 0.25) is 0 Å². The van der Waals surface area contributed by atoms with Gasteiger partial charge in [0.25, 0.3) is 5.22 Å². The molecule has 0 radical (unpaired) electrons. The molecule has 3 heterocycles. The Hall–Kier alpha value is -3.09. The summed E-state index contributed by atoms with van der Waals surface area (Å²) in [5, 5.41) is 8.37. The van der Waals surface area contributed by atoms with Gasteiger partial charge in [-0.25, -0.2) is 0 Å². The van der Waals surface area contributed by atoms with Crippen LogP contribution in [0.1, 0.15) is 14.5 Å². The molecule has 3 aromatic rings. The van der Waals surface area contributed by atoms with E-state index in [0.717, 1.165) is 16.6 Å². The summed E-state index contributed by atoms with van der Waals surface area (Å²) >= 11 is 2.49. The third-order valence-corrected chi connectivity index (χ3v) is 7.22. The van der Waals surface area contributed by atoms with Crippen LogP contribution in [0.5, 0.6) is 17.2 Å². The minimum atomic E-state index is -0.0717. The van der Waals surface area contributed by atoms with Gasteiger partial charge < -0.3 is 28.3 Å². The second kappa shape index (κ2) is 11.6. The first-order chi connectivity index (χ1) is 17.0. The standard InChI is InChI=1S/C23H25N3O7S2/c1-29-17-10-14(11-18(30-2)21(17)31-3)22-24-25-23(33-22)34-13-16(27)19-5-4-15(35-19)12-20(28)26-6-8-32-9-7-26/h4-5,10-11H,6-9,12-13H2,1-3H3. The Balaban J connectivity index is 1.36. The minimum Gasteiger partial charge on any atom is -0.493 e. The lowest BCUT2D eigenvalue weighted by Crippen LogP contribution is -2.41. The molecule has 0 spiro atoms. The molecule has 35 heavy (non-hydrogen) atoms. The van der Waals surface area contributed by atoms with Crippen molar-refractivity contribution in [2.75, 3.05) is 53.4 Å². The van der Waals surface area contributed by atoms with Crippen molar-refractivity contribution < 1.29 is 33.0 Å². The van der Waals surface area contributed by atoms with Gasteiger partial charge in [0.2, 0.25) is 17.5 Å². The van der Waals surface area contributed by atoms with Gasteiger partial charge in [-0.3, -0.25) is 9.59 Å². The first-order valence-electron chi connectivity index (χ1n) is 10.8. The zero-order valence-electron chi connectivity index (χ0n) is 19.6. The van der Waals surface area contributed by atoms with Gasteiger partial charge in [0.1, 0.15) is 0 Å². The third kappa shape index (κ3) is 5.95. The number of carbonyl (C=O) groups is 2. The van der Waals surface area contributed by atoms with Gasteiger partial charge in [-0.2, -0.15) is 0 Å². The van der Waals surface area contributed by atoms with Crippen LogP contribution in [-0.4, -0.2) is 80.2 Å². The Bertz CT molecular complexity index is 1160. The predicted molar refractivity (Wildman–Crippen MR) is 130 cm³/mol. The van der Waals surface area contributed by atoms with Crippen LogP contribution in [-0.2, 0) is 16.0 Å². The average Bonchev–Trinajstić information content (AvgIpc) is 3.57. The maximum Gasteiger partial charge on any atom is 0.277 e. The van der Waals surface area contributed by atoms with Crippen molar-refractivity contribution in [2.45, 2.75) is 11.6 Å². The molecule has 1 fully saturated rings. The summed E-state index contributed by atoms with van der Waals surface area (Å²) in [6.45, 7) is 2.34. The number of Topliss-reactive ketones (excluding diaryl/α,β-unsaturated/α-hetero) is 1. The van der Waals surface area contributed by atoms with E-state index >= 15 is 0 Å². The number of rotatable bonds is 10. The number of ether oxygens (including phenoxy) is 4. The number of morpholine rings is 1. The molecule has 0 aliphatic carbocycles. The zero-order valence-corrected chi connectivity index (χ0v) is 21.2. The number of benzene rings is 1. The van der Waals surface area contributed by atoms with Gasteiger partial charge in [0, 0.05) is 23.5 Å². The highest BCUT2D eigenvalue weighted by Crippen LogP contribution is 2.41. The lowest BCUT2D eigenvalue weighted by atomic mass is 10.2. The SMILES string of the molecule is COc1cc(-c2nnc(SCC(=O)c3ccc(CC(=O)N4CCOCC4)s3)o2)cc(OC)c1OC. The maximum atomic E-state index is 12.7. The van der Waals surface area contributed by atoms with Gasteiger partial charge >= 0.3 is 0 Å². The molecule has 0 saturated carbocycles. The molecule has 0 atom stereocenters. The van der Waals surface area contributed by atoms with E-state index in [1.807, 2.05) is 6.07 Å². The largest absolute Gasteiger partial charge is 0.493 e. The summed E-state index contributed by atoms with van der Waals surface area (Å²) in [6, 6.07) is 7.00. The van der Waals surface area contributed by atoms with Crippen molar-refractivity contribution >= 4 is 34.8 Å². The van der Waals surface area contributed by atoms with Gasteiger partial charge in [-0.1, -0.05) is 11.8 Å². The molecule has 4 rings (SSSR count). The van der Waals surface area contributed by atoms with Gasteiger partial charge in [0.05, 0.1) is 51.6 Å². The zero-order chi connectivity index (χ0) is 24.8. The molecule has 0 N–H and O–H groups in total. The number of nitrogens with zero attached hydrogens (tertiary/aromatic N) is 3. The quantitative estimate of drug-likeness (QED) is 0.292. The molecular weight excluding hydrogens is 494 g/mol. The third-order valence-electron chi connectivity index (χ3n) is 5.27. The lowest BCUT2D eigenvalue weighted by Gasteiger charge is -2.26. The van der Waals surface area contributed by atoms with Crippen molar-refractivity contribution in [2.24, 2.45) is 0 Å². The molecule has 186 valence electrons. The predicted octanol–water partition coefficient (Wildman–Crippen LogP) is 3.20. The molecule has 1 aliphatic rings. The van der Waals surface area contributed by atoms with Crippen LogP contribution in [0, 0.1) is 0 Å². The van der Waals surface area contributed by atoms with Crippen LogP contribution in [0.3, 0.4) is 0 Å². The molecule has 12 heteroatoms. The first kappa shape index (κ1) is 25.0. The molecule has 1 saturated heterocycles. The smallest absolute Gasteiger partial charge is 0.277 e.